The second kappa shape index (κ2) is 3.61. The molecule has 2 aromatic rings. The third kappa shape index (κ3) is 1.60. The maximum absolute atomic E-state index is 13.0. The van der Waals surface area contributed by atoms with Crippen molar-refractivity contribution in [2.75, 3.05) is 0 Å². The standard InChI is InChI=1S/C9H6BrFN4/c10-7-1-5(11)4-15-9(7)6(3-14-15)8(13)2-12/h1,3-4,8H,13H2. The van der Waals surface area contributed by atoms with Gasteiger partial charge in [-0.3, -0.25) is 0 Å². The highest BCUT2D eigenvalue weighted by Gasteiger charge is 2.14. The summed E-state index contributed by atoms with van der Waals surface area (Å²) in [5, 5.41) is 12.6. The van der Waals surface area contributed by atoms with E-state index in [4.69, 9.17) is 11.0 Å². The van der Waals surface area contributed by atoms with Crippen LogP contribution in [0.4, 0.5) is 4.39 Å². The van der Waals surface area contributed by atoms with Gasteiger partial charge >= 0.3 is 0 Å². The molecule has 15 heavy (non-hydrogen) atoms. The van der Waals surface area contributed by atoms with Crippen LogP contribution in [0.2, 0.25) is 0 Å². The number of hydrogen-bond acceptors (Lipinski definition) is 3. The van der Waals surface area contributed by atoms with Gasteiger partial charge in [0, 0.05) is 10.0 Å². The molecule has 6 heteroatoms. The van der Waals surface area contributed by atoms with Crippen molar-refractivity contribution in [3.63, 3.8) is 0 Å². The summed E-state index contributed by atoms with van der Waals surface area (Å²) < 4.78 is 14.9. The van der Waals surface area contributed by atoms with Crippen molar-refractivity contribution in [3.05, 3.63) is 34.3 Å². The first-order valence-electron chi connectivity index (χ1n) is 4.11. The third-order valence-corrected chi connectivity index (χ3v) is 2.64. The summed E-state index contributed by atoms with van der Waals surface area (Å²) in [4.78, 5) is 0. The van der Waals surface area contributed by atoms with Gasteiger partial charge in [-0.15, -0.1) is 0 Å². The Balaban J connectivity index is 2.76. The second-order valence-corrected chi connectivity index (χ2v) is 3.86. The van der Waals surface area contributed by atoms with E-state index in [0.29, 0.717) is 15.6 Å². The van der Waals surface area contributed by atoms with Crippen LogP contribution in [-0.4, -0.2) is 9.61 Å². The maximum atomic E-state index is 13.0. The summed E-state index contributed by atoms with van der Waals surface area (Å²) in [5.41, 5.74) is 6.77. The van der Waals surface area contributed by atoms with Crippen LogP contribution in [0.1, 0.15) is 11.6 Å². The average Bonchev–Trinajstić information content (AvgIpc) is 2.60. The van der Waals surface area contributed by atoms with E-state index >= 15 is 0 Å². The van der Waals surface area contributed by atoms with E-state index in [2.05, 4.69) is 21.0 Å². The molecule has 4 nitrogen and oxygen atoms in total. The lowest BCUT2D eigenvalue weighted by Crippen LogP contribution is -2.06. The van der Waals surface area contributed by atoms with Crippen LogP contribution in [-0.2, 0) is 0 Å². The Morgan fingerprint density at radius 1 is 1.67 bits per heavy atom. The number of rotatable bonds is 1. The highest BCUT2D eigenvalue weighted by atomic mass is 79.9. The fourth-order valence-corrected chi connectivity index (χ4v) is 1.99. The lowest BCUT2D eigenvalue weighted by molar-refractivity contribution is 0.613. The zero-order valence-electron chi connectivity index (χ0n) is 7.48. The second-order valence-electron chi connectivity index (χ2n) is 3.01. The minimum atomic E-state index is -0.760. The summed E-state index contributed by atoms with van der Waals surface area (Å²) >= 11 is 3.21. The quantitative estimate of drug-likeness (QED) is 0.857. The largest absolute Gasteiger partial charge is 0.312 e. The predicted octanol–water partition coefficient (Wildman–Crippen LogP) is 1.76. The molecule has 0 amide bonds. The maximum Gasteiger partial charge on any atom is 0.142 e. The Labute approximate surface area is 93.2 Å². The highest BCUT2D eigenvalue weighted by molar-refractivity contribution is 9.10. The highest BCUT2D eigenvalue weighted by Crippen LogP contribution is 2.25. The number of aromatic nitrogens is 2. The van der Waals surface area contributed by atoms with Gasteiger partial charge in [-0.1, -0.05) is 0 Å². The number of pyridine rings is 1. The first kappa shape index (κ1) is 10.1. The van der Waals surface area contributed by atoms with Crippen LogP contribution >= 0.6 is 15.9 Å². The molecular weight excluding hydrogens is 263 g/mol. The van der Waals surface area contributed by atoms with Crippen molar-refractivity contribution in [1.29, 1.82) is 5.26 Å². The minimum Gasteiger partial charge on any atom is -0.312 e. The molecule has 0 aromatic carbocycles. The lowest BCUT2D eigenvalue weighted by Gasteiger charge is -2.02. The van der Waals surface area contributed by atoms with Gasteiger partial charge in [-0.2, -0.15) is 10.4 Å². The number of hydrogen-bond donors (Lipinski definition) is 1. The van der Waals surface area contributed by atoms with Crippen molar-refractivity contribution >= 4 is 21.4 Å². The van der Waals surface area contributed by atoms with E-state index in [1.54, 1.807) is 0 Å². The van der Waals surface area contributed by atoms with Gasteiger partial charge in [0.05, 0.1) is 24.0 Å². The Morgan fingerprint density at radius 2 is 2.40 bits per heavy atom. The number of nitrogens with two attached hydrogens (primary N) is 1. The molecule has 76 valence electrons. The Hall–Kier alpha value is -1.45. The fraction of sp³-hybridized carbons (Fsp3) is 0.111. The van der Waals surface area contributed by atoms with Crippen molar-refractivity contribution in [2.24, 2.45) is 5.73 Å². The van der Waals surface area contributed by atoms with Crippen LogP contribution in [0.5, 0.6) is 0 Å². The van der Waals surface area contributed by atoms with E-state index in [9.17, 15) is 4.39 Å². The molecule has 1 unspecified atom stereocenters. The van der Waals surface area contributed by atoms with Gasteiger partial charge in [0.25, 0.3) is 0 Å². The molecule has 1 atom stereocenters. The Bertz CT molecular complexity index is 557. The van der Waals surface area contributed by atoms with Crippen LogP contribution in [0.3, 0.4) is 0 Å². The number of halogens is 2. The molecule has 0 fully saturated rings. The van der Waals surface area contributed by atoms with Gasteiger partial charge in [0.15, 0.2) is 0 Å². The topological polar surface area (TPSA) is 67.1 Å². The van der Waals surface area contributed by atoms with Crippen molar-refractivity contribution in [1.82, 2.24) is 9.61 Å². The molecule has 0 bridgehead atoms. The Morgan fingerprint density at radius 3 is 3.07 bits per heavy atom. The molecule has 0 saturated heterocycles. The van der Waals surface area contributed by atoms with E-state index in [0.717, 1.165) is 0 Å². The van der Waals surface area contributed by atoms with E-state index in [1.807, 2.05) is 6.07 Å². The predicted molar refractivity (Wildman–Crippen MR) is 55.4 cm³/mol. The zero-order chi connectivity index (χ0) is 11.0. The van der Waals surface area contributed by atoms with Gasteiger partial charge in [-0.25, -0.2) is 8.91 Å². The van der Waals surface area contributed by atoms with Gasteiger partial charge < -0.3 is 5.73 Å². The van der Waals surface area contributed by atoms with Crippen LogP contribution < -0.4 is 5.73 Å². The summed E-state index contributed by atoms with van der Waals surface area (Å²) in [6, 6.07) is 2.46. The summed E-state index contributed by atoms with van der Waals surface area (Å²) in [6.07, 6.45) is 2.70. The van der Waals surface area contributed by atoms with Crippen LogP contribution in [0.15, 0.2) is 22.9 Å². The van der Waals surface area contributed by atoms with E-state index < -0.39 is 11.9 Å². The van der Waals surface area contributed by atoms with E-state index in [1.165, 1.54) is 23.0 Å². The monoisotopic (exact) mass is 268 g/mol. The smallest absolute Gasteiger partial charge is 0.142 e. The third-order valence-electron chi connectivity index (χ3n) is 2.03. The molecule has 2 N–H and O–H groups in total. The molecule has 0 aliphatic rings. The molecule has 0 saturated carbocycles. The first-order valence-corrected chi connectivity index (χ1v) is 4.90. The lowest BCUT2D eigenvalue weighted by atomic mass is 10.1. The van der Waals surface area contributed by atoms with Crippen LogP contribution in [0, 0.1) is 17.1 Å². The molecule has 0 aliphatic carbocycles. The van der Waals surface area contributed by atoms with Gasteiger partial charge in [0.1, 0.15) is 11.9 Å². The number of nitrogens with zero attached hydrogens (tertiary/aromatic N) is 3. The summed E-state index contributed by atoms with van der Waals surface area (Å²) in [5.74, 6) is -0.408. The summed E-state index contributed by atoms with van der Waals surface area (Å²) in [7, 11) is 0. The SMILES string of the molecule is N#CC(N)c1cnn2cc(F)cc(Br)c12. The molecule has 0 aliphatic heterocycles. The molecule has 2 rings (SSSR count). The minimum absolute atomic E-state index is 0.408. The van der Waals surface area contributed by atoms with E-state index in [-0.39, 0.29) is 0 Å². The van der Waals surface area contributed by atoms with Crippen molar-refractivity contribution in [3.8, 4) is 6.07 Å². The zero-order valence-corrected chi connectivity index (χ0v) is 9.07. The molecule has 0 radical (unpaired) electrons. The normalized spacial score (nSPS) is 12.7. The fourth-order valence-electron chi connectivity index (χ4n) is 1.36. The molecule has 0 spiro atoms. The Kier molecular flexibility index (Phi) is 2.42. The number of nitriles is 1. The summed E-state index contributed by atoms with van der Waals surface area (Å²) in [6.45, 7) is 0. The average molecular weight is 269 g/mol. The number of fused-ring (bicyclic) bond motifs is 1. The van der Waals surface area contributed by atoms with Gasteiger partial charge in [-0.05, 0) is 22.0 Å². The van der Waals surface area contributed by atoms with Gasteiger partial charge in [0.2, 0.25) is 0 Å². The molecule has 2 heterocycles. The molecular formula is C9H6BrFN4. The van der Waals surface area contributed by atoms with Crippen molar-refractivity contribution in [2.45, 2.75) is 6.04 Å². The van der Waals surface area contributed by atoms with Crippen molar-refractivity contribution < 1.29 is 4.39 Å². The van der Waals surface area contributed by atoms with Crippen LogP contribution in [0.25, 0.3) is 5.52 Å². The first-order chi connectivity index (χ1) is 7.13. The molecule has 2 aromatic heterocycles.